The van der Waals surface area contributed by atoms with Crippen LogP contribution in [0.1, 0.15) is 34.1 Å². The number of carbonyl (C=O) groups is 2. The van der Waals surface area contributed by atoms with Gasteiger partial charge in [-0.3, -0.25) is 0 Å². The molecule has 2 aliphatic heterocycles. The highest BCUT2D eigenvalue weighted by atomic mass is 19.1. The molecule has 3 heterocycles. The number of piperazine rings is 1. The molecule has 0 unspecified atom stereocenters. The minimum absolute atomic E-state index is 0.0664. The van der Waals surface area contributed by atoms with Gasteiger partial charge in [-0.05, 0) is 23.8 Å². The van der Waals surface area contributed by atoms with Crippen molar-refractivity contribution in [2.45, 2.75) is 12.5 Å². The van der Waals surface area contributed by atoms with Crippen LogP contribution in [0.4, 0.5) is 19.5 Å². The molecule has 1 saturated heterocycles. The number of halogens is 2. The quantitative estimate of drug-likeness (QED) is 0.772. The first-order valence-electron chi connectivity index (χ1n) is 9.69. The van der Waals surface area contributed by atoms with Crippen molar-refractivity contribution in [2.24, 2.45) is 5.10 Å². The number of benzene rings is 1. The third kappa shape index (κ3) is 4.04. The molecule has 0 spiro atoms. The molecule has 32 heavy (non-hydrogen) atoms. The van der Waals surface area contributed by atoms with E-state index in [1.165, 1.54) is 17.1 Å². The number of nitrogens with zero attached hydrogens (tertiary/aromatic N) is 7. The Balaban J connectivity index is 1.45. The Kier molecular flexibility index (Phi) is 5.63. The lowest BCUT2D eigenvalue weighted by Crippen LogP contribution is -2.52. The van der Waals surface area contributed by atoms with E-state index in [9.17, 15) is 18.4 Å². The van der Waals surface area contributed by atoms with Gasteiger partial charge >= 0.3 is 12.0 Å². The van der Waals surface area contributed by atoms with E-state index in [2.05, 4.69) is 15.1 Å². The van der Waals surface area contributed by atoms with Gasteiger partial charge in [-0.15, -0.1) is 0 Å². The first-order valence-corrected chi connectivity index (χ1v) is 9.69. The molecule has 0 bridgehead atoms. The Bertz CT molecular complexity index is 1140. The number of hydrogen-bond acceptors (Lipinski definition) is 7. The van der Waals surface area contributed by atoms with Crippen molar-refractivity contribution in [3.05, 3.63) is 52.9 Å². The van der Waals surface area contributed by atoms with E-state index >= 15 is 0 Å². The molecule has 1 aromatic carbocycles. The van der Waals surface area contributed by atoms with Crippen LogP contribution in [0, 0.1) is 23.0 Å². The van der Waals surface area contributed by atoms with Gasteiger partial charge in [0.05, 0.1) is 23.9 Å². The molecule has 0 saturated carbocycles. The predicted octanol–water partition coefficient (Wildman–Crippen LogP) is 2.00. The van der Waals surface area contributed by atoms with Gasteiger partial charge in [-0.1, -0.05) is 0 Å². The van der Waals surface area contributed by atoms with Crippen LogP contribution in [-0.2, 0) is 0 Å². The molecule has 0 aliphatic carbocycles. The number of hydrogen-bond donors (Lipinski definition) is 1. The summed E-state index contributed by atoms with van der Waals surface area (Å²) in [5.41, 5.74) is -0.0746. The minimum atomic E-state index is -1.49. The number of hydrazone groups is 1. The number of urea groups is 1. The molecule has 2 amide bonds. The van der Waals surface area contributed by atoms with E-state index in [1.54, 1.807) is 16.0 Å². The second-order valence-electron chi connectivity index (χ2n) is 7.21. The zero-order valence-electron chi connectivity index (χ0n) is 16.6. The largest absolute Gasteiger partial charge is 0.476 e. The molecule has 2 aromatic rings. The maximum absolute atomic E-state index is 13.9. The van der Waals surface area contributed by atoms with Gasteiger partial charge in [0, 0.05) is 38.8 Å². The van der Waals surface area contributed by atoms with Crippen LogP contribution in [0.25, 0.3) is 0 Å². The minimum Gasteiger partial charge on any atom is -0.476 e. The molecule has 2 aliphatic rings. The Morgan fingerprint density at radius 3 is 2.59 bits per heavy atom. The van der Waals surface area contributed by atoms with Crippen molar-refractivity contribution in [1.82, 2.24) is 19.9 Å². The molecular weight excluding hydrogens is 424 g/mol. The highest BCUT2D eigenvalue weighted by molar-refractivity contribution is 5.85. The molecule has 4 rings (SSSR count). The van der Waals surface area contributed by atoms with Crippen molar-refractivity contribution in [1.29, 1.82) is 5.26 Å². The highest BCUT2D eigenvalue weighted by Crippen LogP contribution is 2.30. The van der Waals surface area contributed by atoms with Crippen molar-refractivity contribution >= 4 is 24.2 Å². The number of carboxylic acids is 1. The molecular formula is C20H17F2N7O3. The molecule has 1 atom stereocenters. The topological polar surface area (TPSA) is 126 Å². The smallest absolute Gasteiger partial charge is 0.357 e. The number of amides is 2. The van der Waals surface area contributed by atoms with Gasteiger partial charge < -0.3 is 14.9 Å². The van der Waals surface area contributed by atoms with E-state index in [1.807, 2.05) is 6.07 Å². The summed E-state index contributed by atoms with van der Waals surface area (Å²) in [5.74, 6) is -3.01. The molecule has 0 radical (unpaired) electrons. The average molecular weight is 441 g/mol. The third-order valence-corrected chi connectivity index (χ3v) is 5.23. The van der Waals surface area contributed by atoms with Crippen LogP contribution in [-0.4, -0.2) is 69.4 Å². The molecule has 1 fully saturated rings. The first-order chi connectivity index (χ1) is 15.4. The van der Waals surface area contributed by atoms with Crippen LogP contribution < -0.4 is 4.90 Å². The number of nitriles is 1. The fourth-order valence-corrected chi connectivity index (χ4v) is 3.65. The first kappa shape index (κ1) is 21.1. The Hall–Kier alpha value is -4.14. The van der Waals surface area contributed by atoms with Crippen LogP contribution in [0.5, 0.6) is 0 Å². The van der Waals surface area contributed by atoms with Gasteiger partial charge in [0.15, 0.2) is 11.5 Å². The Morgan fingerprint density at radius 1 is 1.16 bits per heavy atom. The highest BCUT2D eigenvalue weighted by Gasteiger charge is 2.34. The van der Waals surface area contributed by atoms with E-state index in [0.29, 0.717) is 25.1 Å². The SMILES string of the molecule is N#Cc1cc(F)cc([C@@H]2CC=NN2C(=O)N2CCN(c3ncc(F)c(C(=O)O)n3)CC2)c1. The summed E-state index contributed by atoms with van der Waals surface area (Å²) in [5, 5.41) is 23.5. The maximum Gasteiger partial charge on any atom is 0.357 e. The maximum atomic E-state index is 13.9. The van der Waals surface area contributed by atoms with Gasteiger partial charge in [-0.2, -0.15) is 10.4 Å². The third-order valence-electron chi connectivity index (χ3n) is 5.23. The normalized spacial score (nSPS) is 18.0. The summed E-state index contributed by atoms with van der Waals surface area (Å²) < 4.78 is 27.4. The number of carbonyl (C=O) groups excluding carboxylic acids is 1. The second-order valence-corrected chi connectivity index (χ2v) is 7.21. The monoisotopic (exact) mass is 441 g/mol. The molecule has 1 aromatic heterocycles. The summed E-state index contributed by atoms with van der Waals surface area (Å²) in [7, 11) is 0. The fraction of sp³-hybridized carbons (Fsp3) is 0.300. The van der Waals surface area contributed by atoms with E-state index < -0.39 is 29.3 Å². The molecule has 10 nitrogen and oxygen atoms in total. The lowest BCUT2D eigenvalue weighted by atomic mass is 10.0. The zero-order chi connectivity index (χ0) is 22.8. The second kappa shape index (κ2) is 8.54. The van der Waals surface area contributed by atoms with Gasteiger partial charge in [-0.25, -0.2) is 33.3 Å². The van der Waals surface area contributed by atoms with Crippen LogP contribution in [0.15, 0.2) is 29.5 Å². The van der Waals surface area contributed by atoms with Crippen molar-refractivity contribution in [2.75, 3.05) is 31.1 Å². The van der Waals surface area contributed by atoms with E-state index in [-0.39, 0.29) is 30.6 Å². The molecule has 12 heteroatoms. The number of aromatic carboxylic acids is 1. The molecule has 1 N–H and O–H groups in total. The lowest BCUT2D eigenvalue weighted by molar-refractivity contribution is 0.0684. The predicted molar refractivity (Wildman–Crippen MR) is 107 cm³/mol. The zero-order valence-corrected chi connectivity index (χ0v) is 16.6. The van der Waals surface area contributed by atoms with Crippen molar-refractivity contribution in [3.8, 4) is 6.07 Å². The summed E-state index contributed by atoms with van der Waals surface area (Å²) in [4.78, 5) is 35.0. The standard InChI is InChI=1S/C20H17F2N7O3/c21-14-8-12(10-23)7-13(9-14)16-1-2-25-29(16)20(32)28-5-3-27(4-6-28)19-24-11-15(22)17(26-19)18(30)31/h2,7-9,11,16H,1,3-6H2,(H,30,31)/t16-/m0/s1. The lowest BCUT2D eigenvalue weighted by Gasteiger charge is -2.37. The fourth-order valence-electron chi connectivity index (χ4n) is 3.65. The van der Waals surface area contributed by atoms with E-state index in [0.717, 1.165) is 12.3 Å². The Morgan fingerprint density at radius 2 is 1.91 bits per heavy atom. The summed E-state index contributed by atoms with van der Waals surface area (Å²) >= 11 is 0. The van der Waals surface area contributed by atoms with Crippen LogP contribution >= 0.6 is 0 Å². The number of aromatic nitrogens is 2. The van der Waals surface area contributed by atoms with Gasteiger partial charge in [0.1, 0.15) is 5.82 Å². The summed E-state index contributed by atoms with van der Waals surface area (Å²) in [6.45, 7) is 1.15. The number of rotatable bonds is 3. The summed E-state index contributed by atoms with van der Waals surface area (Å²) in [6.07, 6.45) is 2.76. The van der Waals surface area contributed by atoms with Gasteiger partial charge in [0.25, 0.3) is 0 Å². The van der Waals surface area contributed by atoms with Crippen LogP contribution in [0.2, 0.25) is 0 Å². The Labute approximate surface area is 181 Å². The van der Waals surface area contributed by atoms with E-state index in [4.69, 9.17) is 10.4 Å². The summed E-state index contributed by atoms with van der Waals surface area (Å²) in [6, 6.07) is 4.94. The van der Waals surface area contributed by atoms with Gasteiger partial charge in [0.2, 0.25) is 5.95 Å². The van der Waals surface area contributed by atoms with Crippen molar-refractivity contribution in [3.63, 3.8) is 0 Å². The number of carboxylic acid groups (broad SMARTS) is 1. The average Bonchev–Trinajstić information content (AvgIpc) is 3.28. The van der Waals surface area contributed by atoms with Crippen molar-refractivity contribution < 1.29 is 23.5 Å². The molecule has 164 valence electrons. The van der Waals surface area contributed by atoms with Crippen LogP contribution in [0.3, 0.4) is 0 Å². The number of anilines is 1.